The summed E-state index contributed by atoms with van der Waals surface area (Å²) in [4.78, 5) is 41.1. The van der Waals surface area contributed by atoms with Crippen molar-refractivity contribution in [3.05, 3.63) is 108 Å². The fraction of sp³-hybridized carbons (Fsp3) is 0.192. The number of ether oxygens (including phenoxy) is 2. The van der Waals surface area contributed by atoms with Gasteiger partial charge in [-0.15, -0.1) is 0 Å². The minimum absolute atomic E-state index is 0.117. The molecule has 0 saturated carbocycles. The largest absolute Gasteiger partial charge is 0.445 e. The average molecular weight is 442 g/mol. The van der Waals surface area contributed by atoms with Crippen molar-refractivity contribution in [1.29, 1.82) is 0 Å². The third-order valence-corrected chi connectivity index (χ3v) is 5.83. The zero-order valence-electron chi connectivity index (χ0n) is 17.7. The molecule has 3 amide bonds. The minimum Gasteiger partial charge on any atom is -0.445 e. The summed E-state index contributed by atoms with van der Waals surface area (Å²) >= 11 is 0. The van der Waals surface area contributed by atoms with E-state index in [-0.39, 0.29) is 13.2 Å². The molecule has 2 aliphatic heterocycles. The van der Waals surface area contributed by atoms with E-state index in [1.165, 1.54) is 4.90 Å². The van der Waals surface area contributed by atoms with Gasteiger partial charge in [-0.1, -0.05) is 91.0 Å². The van der Waals surface area contributed by atoms with E-state index >= 15 is 0 Å². The minimum atomic E-state index is -0.749. The van der Waals surface area contributed by atoms with Gasteiger partial charge in [0.25, 0.3) is 5.91 Å². The van der Waals surface area contributed by atoms with E-state index < -0.39 is 36.3 Å². The molecule has 33 heavy (non-hydrogen) atoms. The van der Waals surface area contributed by atoms with Gasteiger partial charge in [0.05, 0.1) is 6.54 Å². The number of carbonyl (C=O) groups is 3. The summed E-state index contributed by atoms with van der Waals surface area (Å²) in [6.45, 7) is 0.319. The molecule has 5 rings (SSSR count). The molecular weight excluding hydrogens is 420 g/mol. The Bertz CT molecular complexity index is 1150. The number of imide groups is 1. The molecule has 0 radical (unpaired) electrons. The predicted octanol–water partition coefficient (Wildman–Crippen LogP) is 4.47. The van der Waals surface area contributed by atoms with E-state index in [1.807, 2.05) is 91.0 Å². The highest BCUT2D eigenvalue weighted by atomic mass is 16.6. The maximum Gasteiger partial charge on any atom is 0.418 e. The quantitative estimate of drug-likeness (QED) is 0.545. The zero-order valence-corrected chi connectivity index (χ0v) is 17.7. The van der Waals surface area contributed by atoms with Crippen LogP contribution in [0.15, 0.2) is 91.0 Å². The molecule has 3 aromatic rings. The molecule has 0 bridgehead atoms. The second-order valence-corrected chi connectivity index (χ2v) is 7.99. The maximum atomic E-state index is 13.3. The van der Waals surface area contributed by atoms with Crippen molar-refractivity contribution < 1.29 is 23.9 Å². The first-order valence-corrected chi connectivity index (χ1v) is 10.7. The highest BCUT2D eigenvalue weighted by Gasteiger charge is 2.54. The van der Waals surface area contributed by atoms with E-state index in [0.717, 1.165) is 21.6 Å². The van der Waals surface area contributed by atoms with E-state index in [9.17, 15) is 14.4 Å². The molecule has 0 aliphatic carbocycles. The molecule has 7 nitrogen and oxygen atoms in total. The van der Waals surface area contributed by atoms with Crippen LogP contribution in [0.25, 0.3) is 0 Å². The SMILES string of the molecule is O=C(OCc1ccccc1)N1C[C@H]1C(=O)N1C(=O)O[C@H](c2ccccc2)[C@@H]1c1ccccc1. The van der Waals surface area contributed by atoms with Crippen LogP contribution in [0, 0.1) is 0 Å². The third-order valence-electron chi connectivity index (χ3n) is 5.83. The Balaban J connectivity index is 1.33. The number of hydrogen-bond donors (Lipinski definition) is 0. The highest BCUT2D eigenvalue weighted by Crippen LogP contribution is 2.44. The van der Waals surface area contributed by atoms with Crippen LogP contribution in [-0.4, -0.2) is 40.5 Å². The lowest BCUT2D eigenvalue weighted by Crippen LogP contribution is -2.39. The first-order chi connectivity index (χ1) is 16.1. The predicted molar refractivity (Wildman–Crippen MR) is 119 cm³/mol. The van der Waals surface area contributed by atoms with Crippen molar-refractivity contribution in [2.75, 3.05) is 6.54 Å². The van der Waals surface area contributed by atoms with E-state index in [2.05, 4.69) is 0 Å². The van der Waals surface area contributed by atoms with E-state index in [4.69, 9.17) is 9.47 Å². The molecular formula is C26H22N2O5. The molecule has 3 aromatic carbocycles. The molecule has 2 aliphatic rings. The lowest BCUT2D eigenvalue weighted by molar-refractivity contribution is -0.129. The molecule has 7 heteroatoms. The molecule has 2 fully saturated rings. The summed E-state index contributed by atoms with van der Waals surface area (Å²) in [5.74, 6) is -0.469. The number of cyclic esters (lactones) is 1. The molecule has 0 spiro atoms. The van der Waals surface area contributed by atoms with Crippen molar-refractivity contribution in [2.24, 2.45) is 0 Å². The first-order valence-electron chi connectivity index (χ1n) is 10.7. The Morgan fingerprint density at radius 1 is 0.848 bits per heavy atom. The summed E-state index contributed by atoms with van der Waals surface area (Å²) in [5, 5.41) is 0. The van der Waals surface area contributed by atoms with Crippen molar-refractivity contribution in [3.63, 3.8) is 0 Å². The highest BCUT2D eigenvalue weighted by molar-refractivity contribution is 6.00. The van der Waals surface area contributed by atoms with Crippen molar-refractivity contribution in [3.8, 4) is 0 Å². The van der Waals surface area contributed by atoms with Crippen LogP contribution >= 0.6 is 0 Å². The monoisotopic (exact) mass is 442 g/mol. The Hall–Kier alpha value is -4.13. The van der Waals surface area contributed by atoms with Crippen LogP contribution in [0.2, 0.25) is 0 Å². The molecule has 2 saturated heterocycles. The standard InChI is InChI=1S/C26H22N2O5/c29-24(21-16-27(21)25(30)32-17-18-10-4-1-5-11-18)28-22(19-12-6-2-7-13-19)23(33-26(28)31)20-14-8-3-9-15-20/h1-15,21-23H,16-17H2/t21-,22-,23+,27?/m0/s1. The summed E-state index contributed by atoms with van der Waals surface area (Å²) in [5.41, 5.74) is 2.43. The van der Waals surface area contributed by atoms with Crippen LogP contribution in [-0.2, 0) is 20.9 Å². The normalized spacial score (nSPS) is 21.5. The number of hydrogen-bond acceptors (Lipinski definition) is 5. The molecule has 0 unspecified atom stereocenters. The van der Waals surface area contributed by atoms with Crippen LogP contribution < -0.4 is 0 Å². The topological polar surface area (TPSA) is 75.9 Å². The van der Waals surface area contributed by atoms with Gasteiger partial charge in [0, 0.05) is 0 Å². The molecule has 2 heterocycles. The Labute approximate surface area is 191 Å². The molecule has 0 aromatic heterocycles. The molecule has 166 valence electrons. The number of carbonyl (C=O) groups excluding carboxylic acids is 3. The molecule has 3 atom stereocenters. The van der Waals surface area contributed by atoms with Crippen LogP contribution in [0.5, 0.6) is 0 Å². The van der Waals surface area contributed by atoms with Crippen molar-refractivity contribution >= 4 is 18.1 Å². The van der Waals surface area contributed by atoms with Crippen molar-refractivity contribution in [2.45, 2.75) is 24.8 Å². The van der Waals surface area contributed by atoms with Gasteiger partial charge in [-0.25, -0.2) is 14.5 Å². The Kier molecular flexibility index (Phi) is 5.52. The van der Waals surface area contributed by atoms with Gasteiger partial charge in [0.15, 0.2) is 6.10 Å². The number of amides is 3. The van der Waals surface area contributed by atoms with Gasteiger partial charge in [-0.05, 0) is 16.7 Å². The van der Waals surface area contributed by atoms with Crippen molar-refractivity contribution in [1.82, 2.24) is 9.80 Å². The van der Waals surface area contributed by atoms with Gasteiger partial charge in [-0.2, -0.15) is 0 Å². The number of nitrogens with zero attached hydrogens (tertiary/aromatic N) is 2. The van der Waals surface area contributed by atoms with E-state index in [0.29, 0.717) is 0 Å². The fourth-order valence-corrected chi connectivity index (χ4v) is 4.09. The van der Waals surface area contributed by atoms with Gasteiger partial charge in [0.1, 0.15) is 18.7 Å². The maximum absolute atomic E-state index is 13.3. The van der Waals surface area contributed by atoms with Gasteiger partial charge < -0.3 is 9.47 Å². The summed E-state index contributed by atoms with van der Waals surface area (Å²) in [7, 11) is 0. The van der Waals surface area contributed by atoms with Gasteiger partial charge in [0.2, 0.25) is 0 Å². The zero-order chi connectivity index (χ0) is 22.8. The van der Waals surface area contributed by atoms with Crippen LogP contribution in [0.4, 0.5) is 9.59 Å². The second-order valence-electron chi connectivity index (χ2n) is 7.99. The van der Waals surface area contributed by atoms with Crippen LogP contribution in [0.3, 0.4) is 0 Å². The number of benzene rings is 3. The smallest absolute Gasteiger partial charge is 0.418 e. The molecule has 0 N–H and O–H groups in total. The van der Waals surface area contributed by atoms with Gasteiger partial charge in [-0.3, -0.25) is 9.69 Å². The second kappa shape index (κ2) is 8.78. The lowest BCUT2D eigenvalue weighted by atomic mass is 9.95. The number of rotatable bonds is 5. The average Bonchev–Trinajstić information content (AvgIpc) is 3.60. The van der Waals surface area contributed by atoms with Gasteiger partial charge >= 0.3 is 12.2 Å². The Morgan fingerprint density at radius 3 is 2.06 bits per heavy atom. The first kappa shape index (κ1) is 20.8. The Morgan fingerprint density at radius 2 is 1.42 bits per heavy atom. The third kappa shape index (κ3) is 4.17. The summed E-state index contributed by atoms with van der Waals surface area (Å²) in [6.07, 6.45) is -1.94. The summed E-state index contributed by atoms with van der Waals surface area (Å²) < 4.78 is 11.0. The lowest BCUT2D eigenvalue weighted by Gasteiger charge is -2.24. The van der Waals surface area contributed by atoms with E-state index in [1.54, 1.807) is 0 Å². The fourth-order valence-electron chi connectivity index (χ4n) is 4.09. The van der Waals surface area contributed by atoms with Crippen LogP contribution in [0.1, 0.15) is 28.8 Å². The summed E-state index contributed by atoms with van der Waals surface area (Å²) in [6, 6.07) is 26.6.